The molecule has 2 saturated heterocycles. The molecule has 1 N–H and O–H groups in total. The lowest BCUT2D eigenvalue weighted by atomic mass is 9.99. The van der Waals surface area contributed by atoms with Gasteiger partial charge in [-0.1, -0.05) is 20.7 Å². The van der Waals surface area contributed by atoms with Crippen LogP contribution in [0, 0.1) is 19.6 Å². The Morgan fingerprint density at radius 3 is 2.39 bits per heavy atom. The van der Waals surface area contributed by atoms with Gasteiger partial charge in [0.25, 0.3) is 0 Å². The second-order valence-electron chi connectivity index (χ2n) is 5.32. The Morgan fingerprint density at radius 2 is 1.78 bits per heavy atom. The van der Waals surface area contributed by atoms with Crippen molar-refractivity contribution in [2.24, 2.45) is 20.7 Å². The van der Waals surface area contributed by atoms with Crippen LogP contribution in [0.15, 0.2) is 20.7 Å². The second-order valence-corrected chi connectivity index (χ2v) is 5.32. The van der Waals surface area contributed by atoms with Crippen molar-refractivity contribution in [2.75, 3.05) is 19.8 Å². The number of aliphatic hydroxyl groups excluding tert-OH is 1. The summed E-state index contributed by atoms with van der Waals surface area (Å²) in [5.74, 6) is 0. The zero-order valence-electron chi connectivity index (χ0n) is 12.0. The Hall–Kier alpha value is -1.76. The number of ether oxygens (including phenoxy) is 3. The maximum atomic E-state index is 10.9. The number of aliphatic hydroxyl groups is 1. The summed E-state index contributed by atoms with van der Waals surface area (Å²) < 4.78 is 15.9. The molecule has 0 aromatic carbocycles. The van der Waals surface area contributed by atoms with Crippen molar-refractivity contribution in [1.29, 1.82) is 0 Å². The normalized spacial score (nSPS) is 41.0. The molecule has 0 spiro atoms. The highest BCUT2D eigenvalue weighted by Gasteiger charge is 2.44. The van der Waals surface area contributed by atoms with E-state index < -0.39 is 42.7 Å². The quantitative estimate of drug-likeness (QED) is 0.638. The van der Waals surface area contributed by atoms with Gasteiger partial charge in [-0.3, -0.25) is 0 Å². The van der Waals surface area contributed by atoms with E-state index in [1.807, 2.05) is 0 Å². The third-order valence-corrected chi connectivity index (χ3v) is 3.83. The van der Waals surface area contributed by atoms with E-state index in [1.54, 1.807) is 0 Å². The second kappa shape index (κ2) is 8.19. The minimum Gasteiger partial charge on any atom is -0.385 e. The van der Waals surface area contributed by atoms with Gasteiger partial charge in [0, 0.05) is 6.42 Å². The minimum atomic E-state index is -1.40. The van der Waals surface area contributed by atoms with Gasteiger partial charge < -0.3 is 19.3 Å². The lowest BCUT2D eigenvalue weighted by molar-refractivity contribution is -0.271. The Morgan fingerprint density at radius 1 is 1.04 bits per heavy atom. The average Bonchev–Trinajstić information content (AvgIpc) is 2.57. The Labute approximate surface area is 129 Å². The van der Waals surface area contributed by atoms with Crippen LogP contribution < -0.4 is 0 Å². The topological polar surface area (TPSA) is 166 Å². The SMILES string of the molecule is O=NC[C@H]1C[C@@H](N=O)[C@H](O)[C@@H](O[C@H]2COC[C@@H](N=O)[C@@H]2N=O)O1. The molecule has 0 amide bonds. The molecule has 2 aliphatic heterocycles. The number of rotatable bonds is 7. The largest absolute Gasteiger partial charge is 0.385 e. The van der Waals surface area contributed by atoms with Gasteiger partial charge in [-0.15, -0.1) is 0 Å². The summed E-state index contributed by atoms with van der Waals surface area (Å²) in [7, 11) is 0. The molecule has 0 radical (unpaired) electrons. The van der Waals surface area contributed by atoms with Crippen LogP contribution in [0.4, 0.5) is 0 Å². The minimum absolute atomic E-state index is 0.0192. The molecular formula is C11H16N4O8. The first-order valence-electron chi connectivity index (χ1n) is 6.97. The smallest absolute Gasteiger partial charge is 0.186 e. The molecule has 0 aromatic rings. The van der Waals surface area contributed by atoms with Crippen LogP contribution in [0.25, 0.3) is 0 Å². The zero-order chi connectivity index (χ0) is 16.8. The average molecular weight is 332 g/mol. The number of hydrogen-bond donors (Lipinski definition) is 1. The molecular weight excluding hydrogens is 316 g/mol. The van der Waals surface area contributed by atoms with E-state index >= 15 is 0 Å². The van der Waals surface area contributed by atoms with Crippen molar-refractivity contribution < 1.29 is 19.3 Å². The summed E-state index contributed by atoms with van der Waals surface area (Å²) in [4.78, 5) is 42.8. The fourth-order valence-corrected chi connectivity index (χ4v) is 2.61. The predicted molar refractivity (Wildman–Crippen MR) is 74.4 cm³/mol. The summed E-state index contributed by atoms with van der Waals surface area (Å²) in [5, 5.41) is 21.1. The molecule has 0 saturated carbocycles. The van der Waals surface area contributed by atoms with Crippen molar-refractivity contribution in [3.63, 3.8) is 0 Å². The molecule has 7 atom stereocenters. The van der Waals surface area contributed by atoms with E-state index in [2.05, 4.69) is 20.7 Å². The van der Waals surface area contributed by atoms with Crippen LogP contribution in [0.1, 0.15) is 6.42 Å². The summed E-state index contributed by atoms with van der Waals surface area (Å²) >= 11 is 0. The third kappa shape index (κ3) is 3.96. The molecule has 0 bridgehead atoms. The lowest BCUT2D eigenvalue weighted by Crippen LogP contribution is -2.54. The monoisotopic (exact) mass is 332 g/mol. The highest BCUT2D eigenvalue weighted by Crippen LogP contribution is 2.27. The van der Waals surface area contributed by atoms with Crippen molar-refractivity contribution in [1.82, 2.24) is 0 Å². The van der Waals surface area contributed by atoms with Crippen LogP contribution >= 0.6 is 0 Å². The molecule has 12 nitrogen and oxygen atoms in total. The Kier molecular flexibility index (Phi) is 6.27. The van der Waals surface area contributed by atoms with E-state index in [9.17, 15) is 24.7 Å². The first kappa shape index (κ1) is 17.6. The van der Waals surface area contributed by atoms with Gasteiger partial charge in [-0.2, -0.15) is 19.6 Å². The van der Waals surface area contributed by atoms with Gasteiger partial charge in [0.2, 0.25) is 0 Å². The van der Waals surface area contributed by atoms with Gasteiger partial charge in [0.1, 0.15) is 36.9 Å². The highest BCUT2D eigenvalue weighted by atomic mass is 16.7. The van der Waals surface area contributed by atoms with Crippen LogP contribution in [0.5, 0.6) is 0 Å². The van der Waals surface area contributed by atoms with Gasteiger partial charge in [0.15, 0.2) is 6.29 Å². The lowest BCUT2D eigenvalue weighted by Gasteiger charge is -2.39. The van der Waals surface area contributed by atoms with Gasteiger partial charge in [-0.05, 0) is 0 Å². The summed E-state index contributed by atoms with van der Waals surface area (Å²) in [6.07, 6.45) is -4.45. The number of nitrogens with zero attached hydrogens (tertiary/aromatic N) is 4. The van der Waals surface area contributed by atoms with Crippen molar-refractivity contribution in [2.45, 2.75) is 49.1 Å². The van der Waals surface area contributed by atoms with Crippen molar-refractivity contribution in [3.05, 3.63) is 19.6 Å². The van der Waals surface area contributed by atoms with Crippen LogP contribution in [-0.2, 0) is 14.2 Å². The molecule has 12 heteroatoms. The van der Waals surface area contributed by atoms with E-state index in [1.165, 1.54) is 0 Å². The summed E-state index contributed by atoms with van der Waals surface area (Å²) in [6.45, 7) is -0.373. The molecule has 0 aliphatic carbocycles. The van der Waals surface area contributed by atoms with Crippen LogP contribution in [0.3, 0.4) is 0 Å². The molecule has 128 valence electrons. The van der Waals surface area contributed by atoms with E-state index in [4.69, 9.17) is 14.2 Å². The van der Waals surface area contributed by atoms with E-state index in [0.29, 0.717) is 0 Å². The fraction of sp³-hybridized carbons (Fsp3) is 1.00. The standard InChI is InChI=1S/C11H16N4O8/c16-10-6(13-18)1-5(2-12-17)22-11(10)23-8-4-21-3-7(14-19)9(8)15-20/h5-11,16H,1-4H2/t5-,6-,7-,8+,9+,10+,11-/m1/s1. The third-order valence-electron chi connectivity index (χ3n) is 3.83. The zero-order valence-corrected chi connectivity index (χ0v) is 12.0. The molecule has 2 fully saturated rings. The van der Waals surface area contributed by atoms with Gasteiger partial charge in [0.05, 0.1) is 19.3 Å². The number of hydrogen-bond acceptors (Lipinski definition) is 12. The molecule has 23 heavy (non-hydrogen) atoms. The maximum absolute atomic E-state index is 10.9. The first-order chi connectivity index (χ1) is 11.1. The summed E-state index contributed by atoms with van der Waals surface area (Å²) in [6, 6.07) is -3.17. The van der Waals surface area contributed by atoms with Crippen LogP contribution in [0.2, 0.25) is 0 Å². The summed E-state index contributed by atoms with van der Waals surface area (Å²) in [5.41, 5.74) is 0. The molecule has 0 aromatic heterocycles. The van der Waals surface area contributed by atoms with E-state index in [-0.39, 0.29) is 26.2 Å². The fourth-order valence-electron chi connectivity index (χ4n) is 2.61. The molecule has 2 rings (SSSR count). The van der Waals surface area contributed by atoms with Crippen molar-refractivity contribution in [3.8, 4) is 0 Å². The Bertz CT molecular complexity index is 452. The van der Waals surface area contributed by atoms with Crippen molar-refractivity contribution >= 4 is 0 Å². The molecule has 2 heterocycles. The number of nitroso groups, excluding NO2 is 4. The van der Waals surface area contributed by atoms with Crippen LogP contribution in [-0.4, -0.2) is 67.6 Å². The first-order valence-corrected chi connectivity index (χ1v) is 6.97. The predicted octanol–water partition coefficient (Wildman–Crippen LogP) is 0.0491. The molecule has 0 unspecified atom stereocenters. The Balaban J connectivity index is 2.08. The van der Waals surface area contributed by atoms with E-state index in [0.717, 1.165) is 0 Å². The van der Waals surface area contributed by atoms with Gasteiger partial charge in [-0.25, -0.2) is 0 Å². The molecule has 2 aliphatic rings. The van der Waals surface area contributed by atoms with Gasteiger partial charge >= 0.3 is 0 Å². The highest BCUT2D eigenvalue weighted by molar-refractivity contribution is 4.94. The maximum Gasteiger partial charge on any atom is 0.186 e.